The van der Waals surface area contributed by atoms with Gasteiger partial charge in [0.15, 0.2) is 0 Å². The second-order valence-corrected chi connectivity index (χ2v) is 4.81. The average molecular weight is 279 g/mol. The number of para-hydroxylation sites is 1. The summed E-state index contributed by atoms with van der Waals surface area (Å²) < 4.78 is 13.7. The van der Waals surface area contributed by atoms with E-state index in [4.69, 9.17) is 0 Å². The molecule has 1 aromatic rings. The lowest BCUT2D eigenvalue weighted by Crippen LogP contribution is -2.38. The van der Waals surface area contributed by atoms with Crippen LogP contribution in [0.4, 0.5) is 10.1 Å². The molecule has 5 nitrogen and oxygen atoms in total. The Labute approximate surface area is 117 Å². The van der Waals surface area contributed by atoms with Gasteiger partial charge in [0.1, 0.15) is 12.4 Å². The first-order valence-electron chi connectivity index (χ1n) is 6.54. The van der Waals surface area contributed by atoms with Crippen molar-refractivity contribution in [1.29, 1.82) is 0 Å². The fourth-order valence-electron chi connectivity index (χ4n) is 2.29. The minimum absolute atomic E-state index is 0.0367. The molecule has 1 aliphatic rings. The summed E-state index contributed by atoms with van der Waals surface area (Å²) in [6.07, 6.45) is 0.720. The fraction of sp³-hybridized carbons (Fsp3) is 0.429. The van der Waals surface area contributed by atoms with E-state index in [1.54, 1.807) is 25.1 Å². The molecule has 1 aromatic carbocycles. The first-order chi connectivity index (χ1) is 9.54. The minimum atomic E-state index is -0.475. The van der Waals surface area contributed by atoms with E-state index < -0.39 is 5.82 Å². The summed E-state index contributed by atoms with van der Waals surface area (Å²) in [5, 5.41) is 2.70. The molecule has 1 saturated heterocycles. The third kappa shape index (κ3) is 2.74. The highest BCUT2D eigenvalue weighted by molar-refractivity contribution is 6.01. The van der Waals surface area contributed by atoms with Crippen LogP contribution in [-0.4, -0.2) is 55.3 Å². The van der Waals surface area contributed by atoms with Crippen LogP contribution in [0.3, 0.4) is 0 Å². The van der Waals surface area contributed by atoms with Crippen molar-refractivity contribution in [2.24, 2.45) is 0 Å². The Balaban J connectivity index is 2.27. The number of hydrogen-bond donors (Lipinski definition) is 1. The minimum Gasteiger partial charge on any atom is -0.385 e. The zero-order valence-corrected chi connectivity index (χ0v) is 11.6. The Morgan fingerprint density at radius 1 is 1.35 bits per heavy atom. The lowest BCUT2D eigenvalue weighted by atomic mass is 10.1. The Bertz CT molecular complexity index is 533. The van der Waals surface area contributed by atoms with Crippen molar-refractivity contribution in [1.82, 2.24) is 9.80 Å². The highest BCUT2D eigenvalue weighted by Gasteiger charge is 2.25. The lowest BCUT2D eigenvalue weighted by Gasteiger charge is -2.21. The van der Waals surface area contributed by atoms with Crippen molar-refractivity contribution in [3.8, 4) is 0 Å². The van der Waals surface area contributed by atoms with Gasteiger partial charge in [-0.15, -0.1) is 0 Å². The standard InChI is InChI=1S/C14H18FN3O2/c1-16-13-10(5-3-6-11(13)15)14(20)18-8-4-7-17(2)12(19)9-18/h3,5-6,16H,4,7-9H2,1-2H3. The van der Waals surface area contributed by atoms with Gasteiger partial charge in [0.25, 0.3) is 5.91 Å². The van der Waals surface area contributed by atoms with Crippen molar-refractivity contribution in [3.63, 3.8) is 0 Å². The maximum Gasteiger partial charge on any atom is 0.256 e. The number of nitrogens with one attached hydrogen (secondary N) is 1. The van der Waals surface area contributed by atoms with Gasteiger partial charge in [-0.1, -0.05) is 6.07 Å². The van der Waals surface area contributed by atoms with E-state index in [1.807, 2.05) is 0 Å². The summed E-state index contributed by atoms with van der Waals surface area (Å²) >= 11 is 0. The molecule has 0 atom stereocenters. The lowest BCUT2D eigenvalue weighted by molar-refractivity contribution is -0.129. The smallest absolute Gasteiger partial charge is 0.256 e. The molecule has 20 heavy (non-hydrogen) atoms. The number of likely N-dealkylation sites (N-methyl/N-ethyl adjacent to an activating group) is 1. The largest absolute Gasteiger partial charge is 0.385 e. The van der Waals surface area contributed by atoms with Crippen LogP contribution in [0.1, 0.15) is 16.8 Å². The van der Waals surface area contributed by atoms with Gasteiger partial charge in [-0.05, 0) is 18.6 Å². The molecule has 2 rings (SSSR count). The SMILES string of the molecule is CNc1c(F)cccc1C(=O)N1CCCN(C)C(=O)C1. The summed E-state index contributed by atoms with van der Waals surface area (Å²) in [4.78, 5) is 27.4. The van der Waals surface area contributed by atoms with E-state index >= 15 is 0 Å². The maximum atomic E-state index is 13.7. The number of nitrogens with zero attached hydrogens (tertiary/aromatic N) is 2. The van der Waals surface area contributed by atoms with Gasteiger partial charge in [-0.3, -0.25) is 9.59 Å². The van der Waals surface area contributed by atoms with Crippen LogP contribution in [0.5, 0.6) is 0 Å². The maximum absolute atomic E-state index is 13.7. The van der Waals surface area contributed by atoms with Crippen molar-refractivity contribution >= 4 is 17.5 Å². The van der Waals surface area contributed by atoms with Gasteiger partial charge < -0.3 is 15.1 Å². The number of hydrogen-bond acceptors (Lipinski definition) is 3. The van der Waals surface area contributed by atoms with Crippen LogP contribution in [-0.2, 0) is 4.79 Å². The Morgan fingerprint density at radius 3 is 2.80 bits per heavy atom. The molecule has 0 aromatic heterocycles. The fourth-order valence-corrected chi connectivity index (χ4v) is 2.29. The quantitative estimate of drug-likeness (QED) is 0.884. The van der Waals surface area contributed by atoms with Crippen molar-refractivity contribution < 1.29 is 14.0 Å². The zero-order chi connectivity index (χ0) is 14.7. The normalized spacial score (nSPS) is 16.1. The molecule has 1 heterocycles. The van der Waals surface area contributed by atoms with E-state index in [9.17, 15) is 14.0 Å². The van der Waals surface area contributed by atoms with Crippen molar-refractivity contribution in [2.75, 3.05) is 39.0 Å². The first-order valence-corrected chi connectivity index (χ1v) is 6.54. The number of halogens is 1. The van der Waals surface area contributed by atoms with Gasteiger partial charge in [-0.25, -0.2) is 4.39 Å². The molecule has 0 aliphatic carbocycles. The molecule has 2 amide bonds. The predicted molar refractivity (Wildman–Crippen MR) is 74.1 cm³/mol. The summed E-state index contributed by atoms with van der Waals surface area (Å²) in [7, 11) is 3.29. The number of benzene rings is 1. The molecule has 0 radical (unpaired) electrons. The van der Waals surface area contributed by atoms with Gasteiger partial charge in [0.2, 0.25) is 5.91 Å². The first kappa shape index (κ1) is 14.3. The van der Waals surface area contributed by atoms with Crippen LogP contribution in [0.25, 0.3) is 0 Å². The van der Waals surface area contributed by atoms with E-state index in [-0.39, 0.29) is 29.6 Å². The van der Waals surface area contributed by atoms with Crippen LogP contribution >= 0.6 is 0 Å². The number of anilines is 1. The molecule has 1 fully saturated rings. The van der Waals surface area contributed by atoms with E-state index in [1.165, 1.54) is 17.0 Å². The summed E-state index contributed by atoms with van der Waals surface area (Å²) in [5.74, 6) is -0.896. The van der Waals surface area contributed by atoms with Crippen molar-refractivity contribution in [3.05, 3.63) is 29.6 Å². The topological polar surface area (TPSA) is 52.7 Å². The summed E-state index contributed by atoms with van der Waals surface area (Å²) in [5.41, 5.74) is 0.424. The van der Waals surface area contributed by atoms with Crippen LogP contribution in [0.2, 0.25) is 0 Å². The van der Waals surface area contributed by atoms with E-state index in [2.05, 4.69) is 5.32 Å². The third-order valence-corrected chi connectivity index (χ3v) is 3.45. The highest BCUT2D eigenvalue weighted by Crippen LogP contribution is 2.21. The molecule has 0 unspecified atom stereocenters. The van der Waals surface area contributed by atoms with Crippen LogP contribution in [0.15, 0.2) is 18.2 Å². The molecular formula is C14H18FN3O2. The van der Waals surface area contributed by atoms with Gasteiger partial charge in [-0.2, -0.15) is 0 Å². The predicted octanol–water partition coefficient (Wildman–Crippen LogP) is 1.17. The number of rotatable bonds is 2. The number of carbonyl (C=O) groups is 2. The average Bonchev–Trinajstić information content (AvgIpc) is 2.60. The van der Waals surface area contributed by atoms with Gasteiger partial charge in [0, 0.05) is 27.2 Å². The van der Waals surface area contributed by atoms with E-state index in [0.29, 0.717) is 13.1 Å². The molecule has 0 saturated carbocycles. The molecular weight excluding hydrogens is 261 g/mol. The van der Waals surface area contributed by atoms with Gasteiger partial charge in [0.05, 0.1) is 11.3 Å². The third-order valence-electron chi connectivity index (χ3n) is 3.45. The highest BCUT2D eigenvalue weighted by atomic mass is 19.1. The monoisotopic (exact) mass is 279 g/mol. The Hall–Kier alpha value is -2.11. The van der Waals surface area contributed by atoms with E-state index in [0.717, 1.165) is 6.42 Å². The molecule has 108 valence electrons. The second kappa shape index (κ2) is 5.90. The Kier molecular flexibility index (Phi) is 4.22. The summed E-state index contributed by atoms with van der Waals surface area (Å²) in [6.45, 7) is 1.16. The number of amides is 2. The Morgan fingerprint density at radius 2 is 2.10 bits per heavy atom. The molecule has 6 heteroatoms. The van der Waals surface area contributed by atoms with Crippen LogP contribution in [0, 0.1) is 5.82 Å². The second-order valence-electron chi connectivity index (χ2n) is 4.81. The molecule has 1 N–H and O–H groups in total. The molecule has 0 bridgehead atoms. The zero-order valence-electron chi connectivity index (χ0n) is 11.6. The van der Waals surface area contributed by atoms with Gasteiger partial charge >= 0.3 is 0 Å². The van der Waals surface area contributed by atoms with Crippen molar-refractivity contribution in [2.45, 2.75) is 6.42 Å². The molecule has 1 aliphatic heterocycles. The number of carbonyl (C=O) groups excluding carboxylic acids is 2. The summed E-state index contributed by atoms with van der Waals surface area (Å²) in [6, 6.07) is 4.36. The molecule has 0 spiro atoms. The van der Waals surface area contributed by atoms with Crippen LogP contribution < -0.4 is 5.32 Å².